The summed E-state index contributed by atoms with van der Waals surface area (Å²) in [5.41, 5.74) is 7.93. The number of aliphatic imine (C=N–C) groups is 1. The SMILES string of the molecule is COc1ccccc1NC(N)=NCCOc1ccccc1C(C)(C)C.I. The molecule has 0 unspecified atom stereocenters. The van der Waals surface area contributed by atoms with E-state index in [-0.39, 0.29) is 29.4 Å². The van der Waals surface area contributed by atoms with Gasteiger partial charge in [0.1, 0.15) is 18.1 Å². The summed E-state index contributed by atoms with van der Waals surface area (Å²) in [5.74, 6) is 1.94. The normalized spacial score (nSPS) is 11.5. The van der Waals surface area contributed by atoms with Gasteiger partial charge in [-0.05, 0) is 29.2 Å². The van der Waals surface area contributed by atoms with Crippen LogP contribution in [-0.2, 0) is 5.41 Å². The topological polar surface area (TPSA) is 68.9 Å². The van der Waals surface area contributed by atoms with Gasteiger partial charge in [-0.3, -0.25) is 0 Å². The number of hydrogen-bond acceptors (Lipinski definition) is 3. The van der Waals surface area contributed by atoms with Crippen LogP contribution < -0.4 is 20.5 Å². The minimum absolute atomic E-state index is 0. The zero-order valence-corrected chi connectivity index (χ0v) is 18.1. The Balaban J connectivity index is 0.00000338. The molecule has 0 amide bonds. The first-order valence-corrected chi connectivity index (χ1v) is 8.34. The molecule has 2 rings (SSSR count). The minimum Gasteiger partial charge on any atom is -0.495 e. The van der Waals surface area contributed by atoms with Crippen LogP contribution in [0.15, 0.2) is 53.5 Å². The minimum atomic E-state index is 0. The second-order valence-electron chi connectivity index (χ2n) is 6.69. The van der Waals surface area contributed by atoms with Gasteiger partial charge in [0.2, 0.25) is 0 Å². The number of nitrogens with one attached hydrogen (secondary N) is 1. The molecule has 2 aromatic rings. The molecule has 6 heteroatoms. The summed E-state index contributed by atoms with van der Waals surface area (Å²) in [6.45, 7) is 7.43. The van der Waals surface area contributed by atoms with E-state index in [1.165, 1.54) is 5.56 Å². The number of hydrogen-bond donors (Lipinski definition) is 2. The van der Waals surface area contributed by atoms with Crippen LogP contribution in [0, 0.1) is 0 Å². The number of ether oxygens (including phenoxy) is 2. The second-order valence-corrected chi connectivity index (χ2v) is 6.69. The summed E-state index contributed by atoms with van der Waals surface area (Å²) < 4.78 is 11.2. The lowest BCUT2D eigenvalue weighted by Gasteiger charge is -2.22. The number of para-hydroxylation sites is 3. The Morgan fingerprint density at radius 3 is 2.31 bits per heavy atom. The number of anilines is 1. The smallest absolute Gasteiger partial charge is 0.193 e. The molecule has 0 spiro atoms. The first-order chi connectivity index (χ1) is 11.9. The molecule has 0 saturated carbocycles. The summed E-state index contributed by atoms with van der Waals surface area (Å²) in [6.07, 6.45) is 0. The van der Waals surface area contributed by atoms with Crippen molar-refractivity contribution in [2.24, 2.45) is 10.7 Å². The largest absolute Gasteiger partial charge is 0.495 e. The van der Waals surface area contributed by atoms with E-state index in [9.17, 15) is 0 Å². The van der Waals surface area contributed by atoms with Crippen molar-refractivity contribution in [3.63, 3.8) is 0 Å². The number of benzene rings is 2. The molecule has 0 atom stereocenters. The fraction of sp³-hybridized carbons (Fsp3) is 0.350. The van der Waals surface area contributed by atoms with Crippen LogP contribution in [0.5, 0.6) is 11.5 Å². The van der Waals surface area contributed by atoms with Crippen LogP contribution in [-0.4, -0.2) is 26.2 Å². The van der Waals surface area contributed by atoms with E-state index in [0.717, 1.165) is 17.2 Å². The van der Waals surface area contributed by atoms with Gasteiger partial charge >= 0.3 is 0 Å². The van der Waals surface area contributed by atoms with Crippen LogP contribution in [0.3, 0.4) is 0 Å². The molecule has 0 saturated heterocycles. The molecule has 0 fully saturated rings. The zero-order valence-electron chi connectivity index (χ0n) is 15.8. The van der Waals surface area contributed by atoms with Crippen molar-refractivity contribution < 1.29 is 9.47 Å². The third-order valence-corrected chi connectivity index (χ3v) is 3.70. The number of nitrogens with two attached hydrogens (primary N) is 1. The van der Waals surface area contributed by atoms with Crippen molar-refractivity contribution in [1.82, 2.24) is 0 Å². The van der Waals surface area contributed by atoms with Crippen molar-refractivity contribution in [3.05, 3.63) is 54.1 Å². The molecular formula is C20H28IN3O2. The Labute approximate surface area is 173 Å². The molecule has 142 valence electrons. The maximum atomic E-state index is 5.94. The molecule has 0 heterocycles. The van der Waals surface area contributed by atoms with E-state index < -0.39 is 0 Å². The van der Waals surface area contributed by atoms with Gasteiger partial charge in [-0.15, -0.1) is 24.0 Å². The van der Waals surface area contributed by atoms with Crippen molar-refractivity contribution >= 4 is 35.6 Å². The first kappa shape index (κ1) is 22.1. The van der Waals surface area contributed by atoms with Crippen molar-refractivity contribution in [1.29, 1.82) is 0 Å². The molecule has 26 heavy (non-hydrogen) atoms. The van der Waals surface area contributed by atoms with Gasteiger partial charge in [0, 0.05) is 0 Å². The highest BCUT2D eigenvalue weighted by Gasteiger charge is 2.18. The van der Waals surface area contributed by atoms with Gasteiger partial charge in [-0.1, -0.05) is 51.1 Å². The summed E-state index contributed by atoms with van der Waals surface area (Å²) in [4.78, 5) is 4.30. The zero-order chi connectivity index (χ0) is 18.3. The summed E-state index contributed by atoms with van der Waals surface area (Å²) >= 11 is 0. The number of halogens is 1. The quantitative estimate of drug-likeness (QED) is 0.285. The van der Waals surface area contributed by atoms with Crippen LogP contribution in [0.2, 0.25) is 0 Å². The summed E-state index contributed by atoms with van der Waals surface area (Å²) in [7, 11) is 1.62. The van der Waals surface area contributed by atoms with Crippen molar-refractivity contribution in [3.8, 4) is 11.5 Å². The third kappa shape index (κ3) is 6.40. The summed E-state index contributed by atoms with van der Waals surface area (Å²) in [5, 5.41) is 3.04. The molecule has 0 aliphatic heterocycles. The molecule has 5 nitrogen and oxygen atoms in total. The highest BCUT2D eigenvalue weighted by atomic mass is 127. The Hall–Kier alpha value is -1.96. The van der Waals surface area contributed by atoms with Gasteiger partial charge in [-0.25, -0.2) is 4.99 Å². The number of nitrogens with zero attached hydrogens (tertiary/aromatic N) is 1. The second kappa shape index (κ2) is 10.3. The lowest BCUT2D eigenvalue weighted by atomic mass is 9.86. The molecule has 3 N–H and O–H groups in total. The maximum absolute atomic E-state index is 5.94. The lowest BCUT2D eigenvalue weighted by Crippen LogP contribution is -2.24. The Bertz CT molecular complexity index is 727. The first-order valence-electron chi connectivity index (χ1n) is 8.34. The van der Waals surface area contributed by atoms with E-state index >= 15 is 0 Å². The van der Waals surface area contributed by atoms with E-state index in [1.54, 1.807) is 7.11 Å². The molecule has 0 aliphatic carbocycles. The Morgan fingerprint density at radius 2 is 1.65 bits per heavy atom. The average molecular weight is 469 g/mol. The standard InChI is InChI=1S/C20H27N3O2.HI/c1-20(2,3)15-9-5-7-11-17(15)25-14-13-22-19(21)23-16-10-6-8-12-18(16)24-4;/h5-12H,13-14H2,1-4H3,(H3,21,22,23);1H. The van der Waals surface area contributed by atoms with E-state index in [4.69, 9.17) is 15.2 Å². The predicted molar refractivity (Wildman–Crippen MR) is 119 cm³/mol. The highest BCUT2D eigenvalue weighted by molar-refractivity contribution is 14.0. The molecule has 2 aromatic carbocycles. The third-order valence-electron chi connectivity index (χ3n) is 3.70. The lowest BCUT2D eigenvalue weighted by molar-refractivity contribution is 0.319. The van der Waals surface area contributed by atoms with Gasteiger partial charge in [0.25, 0.3) is 0 Å². The van der Waals surface area contributed by atoms with Crippen LogP contribution in [0.4, 0.5) is 5.69 Å². The van der Waals surface area contributed by atoms with E-state index in [0.29, 0.717) is 19.1 Å². The van der Waals surface area contributed by atoms with Crippen LogP contribution in [0.25, 0.3) is 0 Å². The van der Waals surface area contributed by atoms with Crippen LogP contribution in [0.1, 0.15) is 26.3 Å². The van der Waals surface area contributed by atoms with Gasteiger partial charge in [0.15, 0.2) is 5.96 Å². The van der Waals surface area contributed by atoms with E-state index in [1.807, 2.05) is 42.5 Å². The van der Waals surface area contributed by atoms with Crippen molar-refractivity contribution in [2.45, 2.75) is 26.2 Å². The van der Waals surface area contributed by atoms with E-state index in [2.05, 4.69) is 37.1 Å². The fourth-order valence-corrected chi connectivity index (χ4v) is 2.46. The monoisotopic (exact) mass is 469 g/mol. The van der Waals surface area contributed by atoms with Gasteiger partial charge in [0.05, 0.1) is 19.3 Å². The fourth-order valence-electron chi connectivity index (χ4n) is 2.46. The number of guanidine groups is 1. The maximum Gasteiger partial charge on any atom is 0.193 e. The number of methoxy groups -OCH3 is 1. The van der Waals surface area contributed by atoms with Gasteiger partial charge < -0.3 is 20.5 Å². The molecule has 0 aliphatic rings. The van der Waals surface area contributed by atoms with Crippen molar-refractivity contribution in [2.75, 3.05) is 25.6 Å². The van der Waals surface area contributed by atoms with Gasteiger partial charge in [-0.2, -0.15) is 0 Å². The average Bonchev–Trinajstić information content (AvgIpc) is 2.59. The predicted octanol–water partition coefficient (Wildman–Crippen LogP) is 4.42. The molecular weight excluding hydrogens is 441 g/mol. The molecule has 0 aromatic heterocycles. The molecule has 0 bridgehead atoms. The highest BCUT2D eigenvalue weighted by Crippen LogP contribution is 2.30. The Kier molecular flexibility index (Phi) is 8.71. The summed E-state index contributed by atoms with van der Waals surface area (Å²) in [6, 6.07) is 15.6. The molecule has 0 radical (unpaired) electrons. The Morgan fingerprint density at radius 1 is 1.04 bits per heavy atom. The van der Waals surface area contributed by atoms with Crippen LogP contribution >= 0.6 is 24.0 Å². The number of rotatable bonds is 6.